The number of ether oxygens (including phenoxy) is 2. The van der Waals surface area contributed by atoms with Crippen molar-refractivity contribution in [2.24, 2.45) is 11.8 Å². The number of carbonyl (C=O) groups excluding carboxylic acids is 2. The van der Waals surface area contributed by atoms with Crippen LogP contribution in [0.15, 0.2) is 36.5 Å². The van der Waals surface area contributed by atoms with Crippen LogP contribution in [0.1, 0.15) is 45.1 Å². The van der Waals surface area contributed by atoms with Crippen molar-refractivity contribution in [2.75, 3.05) is 28.8 Å². The molecular formula is C26H32N4O4. The number of aromatic nitrogens is 1. The zero-order valence-corrected chi connectivity index (χ0v) is 20.0. The highest BCUT2D eigenvalue weighted by Gasteiger charge is 2.38. The lowest BCUT2D eigenvalue weighted by Crippen LogP contribution is -2.39. The highest BCUT2D eigenvalue weighted by molar-refractivity contribution is 6.01. The standard InChI is InChI=1S/C26H32N4O4/c1-16(2)23-15-34-26(32)30(23)19-8-11-21-22(13-19)29(14-18-5-4-12-27-24(18)28-21)25(31)17-6-9-20(33-3)10-7-17/h4-5,8,11-13,16-17,20,23H,6-7,9-10,14-15H2,1-3H3,(H,27,28). The van der Waals surface area contributed by atoms with E-state index in [0.29, 0.717) is 13.2 Å². The Morgan fingerprint density at radius 3 is 2.74 bits per heavy atom. The second-order valence-electron chi connectivity index (χ2n) is 9.73. The summed E-state index contributed by atoms with van der Waals surface area (Å²) in [5.74, 6) is 1.04. The third-order valence-corrected chi connectivity index (χ3v) is 7.32. The van der Waals surface area contributed by atoms with Crippen LogP contribution in [0, 0.1) is 11.8 Å². The SMILES string of the molecule is COC1CCC(C(=O)N2Cc3cccnc3Nc3ccc(N4C(=O)OCC4C(C)C)cc32)CC1. The van der Waals surface area contributed by atoms with Crippen molar-refractivity contribution in [1.29, 1.82) is 0 Å². The van der Waals surface area contributed by atoms with Crippen LogP contribution in [-0.2, 0) is 20.8 Å². The van der Waals surface area contributed by atoms with E-state index in [1.165, 1.54) is 0 Å². The normalized spacial score (nSPS) is 24.2. The molecule has 8 nitrogen and oxygen atoms in total. The lowest BCUT2D eigenvalue weighted by atomic mass is 9.86. The molecule has 1 atom stereocenters. The van der Waals surface area contributed by atoms with Crippen molar-refractivity contribution in [1.82, 2.24) is 4.98 Å². The van der Waals surface area contributed by atoms with Gasteiger partial charge < -0.3 is 19.7 Å². The maximum atomic E-state index is 13.9. The second-order valence-corrected chi connectivity index (χ2v) is 9.73. The van der Waals surface area contributed by atoms with Crippen LogP contribution in [0.2, 0.25) is 0 Å². The van der Waals surface area contributed by atoms with Gasteiger partial charge in [0.05, 0.1) is 30.1 Å². The Morgan fingerprint density at radius 1 is 1.21 bits per heavy atom. The molecular weight excluding hydrogens is 432 g/mol. The molecule has 3 aliphatic rings. The van der Waals surface area contributed by atoms with Crippen molar-refractivity contribution in [3.63, 3.8) is 0 Å². The zero-order chi connectivity index (χ0) is 23.8. The number of nitrogens with one attached hydrogen (secondary N) is 1. The predicted octanol–water partition coefficient (Wildman–Crippen LogP) is 4.86. The summed E-state index contributed by atoms with van der Waals surface area (Å²) in [6.07, 6.45) is 5.03. The molecule has 1 aromatic heterocycles. The molecule has 1 unspecified atom stereocenters. The molecule has 1 aromatic carbocycles. The number of pyridine rings is 1. The quantitative estimate of drug-likeness (QED) is 0.696. The average molecular weight is 465 g/mol. The van der Waals surface area contributed by atoms with E-state index in [4.69, 9.17) is 9.47 Å². The molecule has 8 heteroatoms. The number of benzene rings is 1. The molecule has 3 heterocycles. The highest BCUT2D eigenvalue weighted by Crippen LogP contribution is 2.41. The number of hydrogen-bond acceptors (Lipinski definition) is 6. The lowest BCUT2D eigenvalue weighted by molar-refractivity contribution is -0.124. The maximum absolute atomic E-state index is 13.9. The van der Waals surface area contributed by atoms with E-state index in [1.807, 2.05) is 35.2 Å². The fourth-order valence-electron chi connectivity index (χ4n) is 5.25. The first-order valence-corrected chi connectivity index (χ1v) is 12.1. The first-order chi connectivity index (χ1) is 16.5. The number of carbonyl (C=O) groups is 2. The Labute approximate surface area is 200 Å². The lowest BCUT2D eigenvalue weighted by Gasteiger charge is -2.32. The van der Waals surface area contributed by atoms with Crippen molar-refractivity contribution < 1.29 is 19.1 Å². The molecule has 2 fully saturated rings. The second kappa shape index (κ2) is 9.25. The summed E-state index contributed by atoms with van der Waals surface area (Å²) in [6, 6.07) is 9.62. The molecule has 34 heavy (non-hydrogen) atoms. The van der Waals surface area contributed by atoms with Crippen LogP contribution in [0.4, 0.5) is 27.7 Å². The van der Waals surface area contributed by atoms with Crippen LogP contribution in [-0.4, -0.2) is 42.8 Å². The van der Waals surface area contributed by atoms with Crippen molar-refractivity contribution in [3.8, 4) is 0 Å². The van der Waals surface area contributed by atoms with Gasteiger partial charge in [0.15, 0.2) is 0 Å². The van der Waals surface area contributed by atoms with Crippen LogP contribution in [0.25, 0.3) is 0 Å². The predicted molar refractivity (Wildman–Crippen MR) is 130 cm³/mol. The van der Waals surface area contributed by atoms with Gasteiger partial charge in [-0.05, 0) is 55.9 Å². The Bertz CT molecular complexity index is 1080. The first-order valence-electron chi connectivity index (χ1n) is 12.1. The van der Waals surface area contributed by atoms with Crippen molar-refractivity contribution >= 4 is 34.9 Å². The number of hydrogen-bond donors (Lipinski definition) is 1. The Kier molecular flexibility index (Phi) is 6.16. The Balaban J connectivity index is 1.53. The number of cyclic esters (lactones) is 1. The summed E-state index contributed by atoms with van der Waals surface area (Å²) < 4.78 is 10.9. The molecule has 2 aromatic rings. The van der Waals surface area contributed by atoms with Gasteiger partial charge in [0.2, 0.25) is 5.91 Å². The minimum atomic E-state index is -0.346. The van der Waals surface area contributed by atoms with Crippen LogP contribution in [0.5, 0.6) is 0 Å². The van der Waals surface area contributed by atoms with Crippen LogP contribution < -0.4 is 15.1 Å². The fraction of sp³-hybridized carbons (Fsp3) is 0.500. The highest BCUT2D eigenvalue weighted by atomic mass is 16.6. The van der Waals surface area contributed by atoms with Crippen molar-refractivity contribution in [2.45, 2.75) is 58.2 Å². The van der Waals surface area contributed by atoms with E-state index in [1.54, 1.807) is 18.2 Å². The summed E-state index contributed by atoms with van der Waals surface area (Å²) in [4.78, 5) is 34.6. The van der Waals surface area contributed by atoms with Gasteiger partial charge in [0.25, 0.3) is 0 Å². The molecule has 1 saturated carbocycles. The molecule has 0 spiro atoms. The topological polar surface area (TPSA) is 84.0 Å². The fourth-order valence-corrected chi connectivity index (χ4v) is 5.25. The molecule has 180 valence electrons. The number of rotatable bonds is 4. The van der Waals surface area contributed by atoms with Gasteiger partial charge in [-0.25, -0.2) is 9.78 Å². The smallest absolute Gasteiger partial charge is 0.414 e. The third-order valence-electron chi connectivity index (χ3n) is 7.32. The molecule has 5 rings (SSSR count). The number of nitrogens with zero attached hydrogens (tertiary/aromatic N) is 3. The largest absolute Gasteiger partial charge is 0.447 e. The first kappa shape index (κ1) is 22.7. The van der Waals surface area contributed by atoms with E-state index in [9.17, 15) is 9.59 Å². The number of methoxy groups -OCH3 is 1. The van der Waals surface area contributed by atoms with Gasteiger partial charge in [0.1, 0.15) is 12.4 Å². The van der Waals surface area contributed by atoms with E-state index < -0.39 is 0 Å². The molecule has 0 radical (unpaired) electrons. The van der Waals surface area contributed by atoms with E-state index >= 15 is 0 Å². The van der Waals surface area contributed by atoms with Crippen molar-refractivity contribution in [3.05, 3.63) is 42.1 Å². The molecule has 2 amide bonds. The average Bonchev–Trinajstić information content (AvgIpc) is 3.16. The summed E-state index contributed by atoms with van der Waals surface area (Å²) in [7, 11) is 1.74. The van der Waals surface area contributed by atoms with Gasteiger partial charge in [-0.3, -0.25) is 9.69 Å². The Morgan fingerprint density at radius 2 is 2.00 bits per heavy atom. The van der Waals surface area contributed by atoms with Crippen LogP contribution in [0.3, 0.4) is 0 Å². The molecule has 1 saturated heterocycles. The minimum absolute atomic E-state index is 0.0448. The van der Waals surface area contributed by atoms with Gasteiger partial charge in [-0.15, -0.1) is 0 Å². The molecule has 0 bridgehead atoms. The van der Waals surface area contributed by atoms with Crippen LogP contribution >= 0.6 is 0 Å². The van der Waals surface area contributed by atoms with Gasteiger partial charge >= 0.3 is 6.09 Å². The monoisotopic (exact) mass is 464 g/mol. The molecule has 1 aliphatic carbocycles. The zero-order valence-electron chi connectivity index (χ0n) is 20.0. The van der Waals surface area contributed by atoms with Gasteiger partial charge in [0, 0.05) is 30.5 Å². The summed E-state index contributed by atoms with van der Waals surface area (Å²) in [5.41, 5.74) is 3.26. The molecule has 2 aliphatic heterocycles. The van der Waals surface area contributed by atoms with Gasteiger partial charge in [-0.2, -0.15) is 0 Å². The maximum Gasteiger partial charge on any atom is 0.414 e. The van der Waals surface area contributed by atoms with E-state index in [-0.39, 0.29) is 36.0 Å². The Hall–Kier alpha value is -3.13. The van der Waals surface area contributed by atoms with E-state index in [2.05, 4.69) is 24.1 Å². The van der Waals surface area contributed by atoms with E-state index in [0.717, 1.165) is 54.1 Å². The number of fused-ring (bicyclic) bond motifs is 2. The van der Waals surface area contributed by atoms with Gasteiger partial charge in [-0.1, -0.05) is 19.9 Å². The summed E-state index contributed by atoms with van der Waals surface area (Å²) >= 11 is 0. The number of amides is 2. The summed E-state index contributed by atoms with van der Waals surface area (Å²) in [5, 5.41) is 3.41. The summed E-state index contributed by atoms with van der Waals surface area (Å²) in [6.45, 7) is 4.96. The number of anilines is 4. The third kappa shape index (κ3) is 4.11. The minimum Gasteiger partial charge on any atom is -0.447 e. The molecule has 1 N–H and O–H groups in total.